The molecule has 5 nitrogen and oxygen atoms in total. The molecule has 1 N–H and O–H groups in total. The first-order valence-corrected chi connectivity index (χ1v) is 8.97. The summed E-state index contributed by atoms with van der Waals surface area (Å²) in [6.45, 7) is 5.14. The highest BCUT2D eigenvalue weighted by molar-refractivity contribution is 6.34. The Hall–Kier alpha value is -1.49. The summed E-state index contributed by atoms with van der Waals surface area (Å²) in [6, 6.07) is -1.12. The number of Topliss-reactive ketones (excluding diaryl/α,β-unsaturated/α-hetero) is 1. The van der Waals surface area contributed by atoms with E-state index in [1.54, 1.807) is 0 Å². The van der Waals surface area contributed by atoms with Gasteiger partial charge in [-0.25, -0.2) is 4.79 Å². The van der Waals surface area contributed by atoms with Crippen molar-refractivity contribution in [1.29, 1.82) is 0 Å². The molecule has 1 heterocycles. The molecule has 0 aromatic rings. The normalized spacial score (nSPS) is 32.3. The fourth-order valence-electron chi connectivity index (χ4n) is 4.26. The van der Waals surface area contributed by atoms with Gasteiger partial charge < -0.3 is 9.90 Å². The van der Waals surface area contributed by atoms with E-state index >= 15 is 0 Å². The first-order valence-electron chi connectivity index (χ1n) is 8.97. The quantitative estimate of drug-likeness (QED) is 0.475. The van der Waals surface area contributed by atoms with Crippen molar-refractivity contribution in [2.75, 3.05) is 6.54 Å². The zero-order valence-electron chi connectivity index (χ0n) is 14.7. The van der Waals surface area contributed by atoms with E-state index in [2.05, 4.69) is 13.8 Å². The average Bonchev–Trinajstić information content (AvgIpc) is 2.49. The molecule has 1 aliphatic carbocycles. The van der Waals surface area contributed by atoms with Crippen molar-refractivity contribution < 1.29 is 19.5 Å². The Bertz CT molecular complexity index is 511. The molecule has 0 amide bonds. The maximum atomic E-state index is 12.2. The number of aliphatic carboxylic acids is 1. The van der Waals surface area contributed by atoms with E-state index in [0.717, 1.165) is 32.0 Å². The van der Waals surface area contributed by atoms with E-state index in [-0.39, 0.29) is 11.5 Å². The Morgan fingerprint density at radius 3 is 2.67 bits per heavy atom. The summed E-state index contributed by atoms with van der Waals surface area (Å²) in [7, 11) is 0. The fourth-order valence-corrected chi connectivity index (χ4v) is 4.26. The molecule has 1 aliphatic heterocycles. The minimum Gasteiger partial charge on any atom is -0.475 e. The molecule has 1 saturated carbocycles. The summed E-state index contributed by atoms with van der Waals surface area (Å²) in [4.78, 5) is 36.9. The van der Waals surface area contributed by atoms with Crippen LogP contribution in [0.25, 0.3) is 0 Å². The van der Waals surface area contributed by atoms with Crippen molar-refractivity contribution in [2.24, 2.45) is 11.3 Å². The Balaban J connectivity index is 2.22. The second-order valence-corrected chi connectivity index (χ2v) is 8.00. The van der Waals surface area contributed by atoms with Crippen molar-refractivity contribution in [2.45, 2.75) is 70.9 Å². The van der Waals surface area contributed by atoms with Crippen LogP contribution in [-0.4, -0.2) is 46.7 Å². The summed E-state index contributed by atoms with van der Waals surface area (Å²) >= 11 is 0. The van der Waals surface area contributed by atoms with Crippen molar-refractivity contribution in [3.63, 3.8) is 0 Å². The number of hydrogen-bond acceptors (Lipinski definition) is 4. The van der Waals surface area contributed by atoms with Crippen LogP contribution in [0, 0.1) is 11.3 Å². The zero-order valence-corrected chi connectivity index (χ0v) is 14.7. The van der Waals surface area contributed by atoms with Crippen LogP contribution in [0.3, 0.4) is 0 Å². The van der Waals surface area contributed by atoms with E-state index in [1.807, 2.05) is 17.1 Å². The van der Waals surface area contributed by atoms with Crippen LogP contribution in [0.1, 0.15) is 58.8 Å². The third-order valence-corrected chi connectivity index (χ3v) is 5.43. The molecule has 1 fully saturated rings. The van der Waals surface area contributed by atoms with Crippen LogP contribution in [0.4, 0.5) is 0 Å². The minimum atomic E-state index is -1.41. The molecule has 0 saturated heterocycles. The van der Waals surface area contributed by atoms with Crippen LogP contribution in [0.15, 0.2) is 12.2 Å². The van der Waals surface area contributed by atoms with Crippen molar-refractivity contribution >= 4 is 18.0 Å². The van der Waals surface area contributed by atoms with E-state index in [9.17, 15) is 19.5 Å². The lowest BCUT2D eigenvalue weighted by molar-refractivity contribution is -0.152. The molecule has 3 unspecified atom stereocenters. The van der Waals surface area contributed by atoms with Crippen molar-refractivity contribution in [3.05, 3.63) is 12.2 Å². The molecule has 134 valence electrons. The second kappa shape index (κ2) is 8.06. The first kappa shape index (κ1) is 18.8. The van der Waals surface area contributed by atoms with Gasteiger partial charge in [-0.3, -0.25) is 9.69 Å². The van der Waals surface area contributed by atoms with Crippen LogP contribution < -0.4 is 0 Å². The highest BCUT2D eigenvalue weighted by Gasteiger charge is 2.37. The van der Waals surface area contributed by atoms with Gasteiger partial charge in [0.1, 0.15) is 6.29 Å². The van der Waals surface area contributed by atoms with Gasteiger partial charge in [-0.1, -0.05) is 32.4 Å². The van der Waals surface area contributed by atoms with E-state index in [1.165, 1.54) is 6.42 Å². The number of ketones is 1. The number of aldehydes is 1. The number of hydrogen-bond donors (Lipinski definition) is 1. The molecular formula is C19H29NO4. The summed E-state index contributed by atoms with van der Waals surface area (Å²) in [5.74, 6) is -1.81. The maximum Gasteiger partial charge on any atom is 0.373 e. The van der Waals surface area contributed by atoms with E-state index in [4.69, 9.17) is 0 Å². The van der Waals surface area contributed by atoms with Gasteiger partial charge in [0, 0.05) is 6.54 Å². The summed E-state index contributed by atoms with van der Waals surface area (Å²) in [5.41, 5.74) is 0.272. The smallest absolute Gasteiger partial charge is 0.373 e. The highest BCUT2D eigenvalue weighted by atomic mass is 16.4. The lowest BCUT2D eigenvalue weighted by Gasteiger charge is -2.41. The van der Waals surface area contributed by atoms with Gasteiger partial charge >= 0.3 is 5.97 Å². The molecule has 2 rings (SSSR count). The average molecular weight is 335 g/mol. The largest absolute Gasteiger partial charge is 0.475 e. The second-order valence-electron chi connectivity index (χ2n) is 8.00. The maximum absolute atomic E-state index is 12.2. The zero-order chi connectivity index (χ0) is 17.7. The van der Waals surface area contributed by atoms with Crippen LogP contribution in [0.5, 0.6) is 0 Å². The molecule has 0 bridgehead atoms. The summed E-state index contributed by atoms with van der Waals surface area (Å²) in [6.07, 6.45) is 11.0. The summed E-state index contributed by atoms with van der Waals surface area (Å²) in [5, 5.41) is 9.17. The Morgan fingerprint density at radius 1 is 1.29 bits per heavy atom. The molecular weight excluding hydrogens is 306 g/mol. The predicted molar refractivity (Wildman–Crippen MR) is 91.7 cm³/mol. The number of allylic oxidation sites excluding steroid dienone is 1. The van der Waals surface area contributed by atoms with Gasteiger partial charge in [0.2, 0.25) is 0 Å². The Labute approximate surface area is 144 Å². The molecule has 2 aliphatic rings. The monoisotopic (exact) mass is 335 g/mol. The van der Waals surface area contributed by atoms with Gasteiger partial charge in [0.05, 0.1) is 12.1 Å². The molecule has 5 heteroatoms. The third-order valence-electron chi connectivity index (χ3n) is 5.43. The van der Waals surface area contributed by atoms with Gasteiger partial charge in [0.15, 0.2) is 0 Å². The number of rotatable bonds is 5. The highest BCUT2D eigenvalue weighted by Crippen LogP contribution is 2.39. The van der Waals surface area contributed by atoms with E-state index < -0.39 is 17.8 Å². The van der Waals surface area contributed by atoms with Gasteiger partial charge in [-0.2, -0.15) is 0 Å². The molecule has 0 aromatic carbocycles. The fraction of sp³-hybridized carbons (Fsp3) is 0.737. The SMILES string of the molecule is CC1(C)CCCC(CN2C(C=O)CC/C=C\CC2C(=O)C(=O)O)C1. The number of carboxylic acids is 1. The number of nitrogens with zero attached hydrogens (tertiary/aromatic N) is 1. The molecule has 24 heavy (non-hydrogen) atoms. The van der Waals surface area contributed by atoms with Crippen molar-refractivity contribution in [1.82, 2.24) is 4.90 Å². The van der Waals surface area contributed by atoms with Crippen LogP contribution in [-0.2, 0) is 14.4 Å². The first-order chi connectivity index (χ1) is 11.3. The van der Waals surface area contributed by atoms with Gasteiger partial charge in [-0.05, 0) is 49.9 Å². The topological polar surface area (TPSA) is 74.7 Å². The number of carboxylic acid groups (broad SMARTS) is 1. The molecule has 0 radical (unpaired) electrons. The standard InChI is InChI=1S/C19H29NO4/c1-19(2)10-6-7-14(11-19)12-20-15(13-21)8-4-3-5-9-16(20)17(22)18(23)24/h3,5,13-16H,4,6-12H2,1-2H3,(H,23,24)/b5-3-. The van der Waals surface area contributed by atoms with Crippen LogP contribution >= 0.6 is 0 Å². The summed E-state index contributed by atoms with van der Waals surface area (Å²) < 4.78 is 0. The lowest BCUT2D eigenvalue weighted by atomic mass is 9.72. The number of carbonyl (C=O) groups is 3. The Kier molecular flexibility index (Phi) is 6.33. The third kappa shape index (κ3) is 4.76. The minimum absolute atomic E-state index is 0.272. The molecule has 0 spiro atoms. The van der Waals surface area contributed by atoms with E-state index in [0.29, 0.717) is 25.3 Å². The molecule has 3 atom stereocenters. The van der Waals surface area contributed by atoms with Gasteiger partial charge in [-0.15, -0.1) is 0 Å². The Morgan fingerprint density at radius 2 is 2.04 bits per heavy atom. The predicted octanol–water partition coefficient (Wildman–Crippen LogP) is 2.83. The lowest BCUT2D eigenvalue weighted by Crippen LogP contribution is -2.52. The molecule has 0 aromatic heterocycles. The van der Waals surface area contributed by atoms with Gasteiger partial charge in [0.25, 0.3) is 5.78 Å². The number of carbonyl (C=O) groups excluding carboxylic acids is 2. The van der Waals surface area contributed by atoms with Crippen LogP contribution in [0.2, 0.25) is 0 Å². The van der Waals surface area contributed by atoms with Crippen molar-refractivity contribution in [3.8, 4) is 0 Å².